The van der Waals surface area contributed by atoms with Gasteiger partial charge in [-0.25, -0.2) is 0 Å². The summed E-state index contributed by atoms with van der Waals surface area (Å²) in [7, 11) is 0. The van der Waals surface area contributed by atoms with E-state index < -0.39 is 11.6 Å². The highest BCUT2D eigenvalue weighted by Gasteiger charge is 2.35. The fourth-order valence-electron chi connectivity index (χ4n) is 3.02. The summed E-state index contributed by atoms with van der Waals surface area (Å²) < 4.78 is 0. The first kappa shape index (κ1) is 12.6. The number of benzene rings is 3. The van der Waals surface area contributed by atoms with Crippen LogP contribution >= 0.6 is 0 Å². The number of aromatic hydroxyl groups is 2. The second-order valence-electron chi connectivity index (χ2n) is 5.20. The van der Waals surface area contributed by atoms with Crippen molar-refractivity contribution < 1.29 is 19.8 Å². The molecule has 0 spiro atoms. The third kappa shape index (κ3) is 1.41. The number of Topliss-reactive ketones (excluding diaryl/α,β-unsaturated/α-hetero) is 2. The summed E-state index contributed by atoms with van der Waals surface area (Å²) in [4.78, 5) is 24.6. The lowest BCUT2D eigenvalue weighted by Gasteiger charge is -2.21. The van der Waals surface area contributed by atoms with E-state index in [-0.39, 0.29) is 28.2 Å². The molecule has 0 fully saturated rings. The predicted molar refractivity (Wildman–Crippen MR) is 81.4 cm³/mol. The molecule has 4 rings (SSSR count). The van der Waals surface area contributed by atoms with Crippen LogP contribution in [-0.2, 0) is 0 Å². The summed E-state index contributed by atoms with van der Waals surface area (Å²) in [5.74, 6) is -1.84. The summed E-state index contributed by atoms with van der Waals surface area (Å²) in [6.07, 6.45) is 0. The molecule has 3 aromatic rings. The fraction of sp³-hybridized carbons (Fsp3) is 0. The average molecular weight is 290 g/mol. The summed E-state index contributed by atoms with van der Waals surface area (Å²) in [5, 5.41) is 21.8. The summed E-state index contributed by atoms with van der Waals surface area (Å²) in [5.41, 5.74) is 0.793. The normalized spacial score (nSPS) is 13.1. The van der Waals surface area contributed by atoms with Crippen molar-refractivity contribution in [2.24, 2.45) is 0 Å². The van der Waals surface area contributed by atoms with Crippen molar-refractivity contribution in [3.05, 3.63) is 59.7 Å². The second kappa shape index (κ2) is 4.18. The van der Waals surface area contributed by atoms with Crippen LogP contribution in [0.25, 0.3) is 21.9 Å². The monoisotopic (exact) mass is 290 g/mol. The molecule has 106 valence electrons. The molecule has 0 unspecified atom stereocenters. The van der Waals surface area contributed by atoms with Crippen LogP contribution in [0, 0.1) is 0 Å². The lowest BCUT2D eigenvalue weighted by Crippen LogP contribution is -2.21. The standard InChI is InChI=1S/C18H10O4/c19-15-11-7-3-4-8-12(11)16(20)14-13(15)9-5-1-2-6-10(9)17(21)18(14)22/h1-8,19-20H. The number of phenolic OH excluding ortho intramolecular Hbond substituents is 2. The van der Waals surface area contributed by atoms with Gasteiger partial charge in [-0.1, -0.05) is 48.5 Å². The van der Waals surface area contributed by atoms with Gasteiger partial charge in [0.25, 0.3) is 0 Å². The van der Waals surface area contributed by atoms with Crippen LogP contribution in [0.3, 0.4) is 0 Å². The zero-order valence-corrected chi connectivity index (χ0v) is 11.3. The third-order valence-electron chi connectivity index (χ3n) is 4.04. The van der Waals surface area contributed by atoms with E-state index in [4.69, 9.17) is 0 Å². The van der Waals surface area contributed by atoms with Crippen LogP contribution in [0.2, 0.25) is 0 Å². The highest BCUT2D eigenvalue weighted by Crippen LogP contribution is 2.48. The van der Waals surface area contributed by atoms with Gasteiger partial charge in [-0.3, -0.25) is 9.59 Å². The molecule has 2 N–H and O–H groups in total. The molecule has 4 nitrogen and oxygen atoms in total. The number of rotatable bonds is 0. The zero-order chi connectivity index (χ0) is 15.4. The number of hydrogen-bond acceptors (Lipinski definition) is 4. The van der Waals surface area contributed by atoms with E-state index in [0.29, 0.717) is 16.3 Å². The van der Waals surface area contributed by atoms with Gasteiger partial charge in [0.2, 0.25) is 11.6 Å². The number of phenols is 2. The van der Waals surface area contributed by atoms with Gasteiger partial charge in [0.1, 0.15) is 11.5 Å². The number of hydrogen-bond donors (Lipinski definition) is 2. The molecular weight excluding hydrogens is 280 g/mol. The van der Waals surface area contributed by atoms with Gasteiger partial charge in [0.05, 0.1) is 5.56 Å². The summed E-state index contributed by atoms with van der Waals surface area (Å²) in [6.45, 7) is 0. The van der Waals surface area contributed by atoms with Gasteiger partial charge in [0, 0.05) is 21.9 Å². The Morgan fingerprint density at radius 2 is 1.09 bits per heavy atom. The smallest absolute Gasteiger partial charge is 0.238 e. The van der Waals surface area contributed by atoms with Crippen LogP contribution in [0.1, 0.15) is 20.7 Å². The van der Waals surface area contributed by atoms with E-state index in [1.165, 1.54) is 0 Å². The molecule has 0 atom stereocenters. The molecule has 0 radical (unpaired) electrons. The molecule has 0 saturated carbocycles. The van der Waals surface area contributed by atoms with Crippen LogP contribution < -0.4 is 0 Å². The first-order valence-corrected chi connectivity index (χ1v) is 6.76. The highest BCUT2D eigenvalue weighted by atomic mass is 16.3. The molecule has 4 heteroatoms. The molecule has 0 heterocycles. The molecule has 0 amide bonds. The Bertz CT molecular complexity index is 986. The summed E-state index contributed by atoms with van der Waals surface area (Å²) >= 11 is 0. The SMILES string of the molecule is O=C1C(=O)c2c(c(O)c3ccccc3c2O)-c2ccccc21. The molecular formula is C18H10O4. The Balaban J connectivity index is 2.27. The van der Waals surface area contributed by atoms with Crippen molar-refractivity contribution in [2.75, 3.05) is 0 Å². The Kier molecular flexibility index (Phi) is 2.39. The van der Waals surface area contributed by atoms with Crippen molar-refractivity contribution in [1.82, 2.24) is 0 Å². The van der Waals surface area contributed by atoms with E-state index in [1.807, 2.05) is 0 Å². The van der Waals surface area contributed by atoms with Crippen molar-refractivity contribution in [3.63, 3.8) is 0 Å². The van der Waals surface area contributed by atoms with E-state index in [9.17, 15) is 19.8 Å². The van der Waals surface area contributed by atoms with E-state index in [1.54, 1.807) is 48.5 Å². The number of carbonyl (C=O) groups excluding carboxylic acids is 2. The quantitative estimate of drug-likeness (QED) is 0.492. The minimum absolute atomic E-state index is 0.100. The van der Waals surface area contributed by atoms with E-state index in [2.05, 4.69) is 0 Å². The van der Waals surface area contributed by atoms with Gasteiger partial charge < -0.3 is 10.2 Å². The number of fused-ring (bicyclic) bond motifs is 4. The predicted octanol–water partition coefficient (Wildman–Crippen LogP) is 3.30. The number of ketones is 2. The van der Waals surface area contributed by atoms with Crippen LogP contribution in [-0.4, -0.2) is 21.8 Å². The molecule has 0 bridgehead atoms. The van der Waals surface area contributed by atoms with Gasteiger partial charge in [-0.15, -0.1) is 0 Å². The van der Waals surface area contributed by atoms with Crippen LogP contribution in [0.4, 0.5) is 0 Å². The first-order valence-electron chi connectivity index (χ1n) is 6.76. The van der Waals surface area contributed by atoms with Gasteiger partial charge in [0.15, 0.2) is 0 Å². The topological polar surface area (TPSA) is 74.6 Å². The van der Waals surface area contributed by atoms with E-state index in [0.717, 1.165) is 0 Å². The van der Waals surface area contributed by atoms with Gasteiger partial charge in [-0.2, -0.15) is 0 Å². The fourth-order valence-corrected chi connectivity index (χ4v) is 3.02. The van der Waals surface area contributed by atoms with Gasteiger partial charge >= 0.3 is 0 Å². The summed E-state index contributed by atoms with van der Waals surface area (Å²) in [6, 6.07) is 13.3. The molecule has 0 saturated heterocycles. The van der Waals surface area contributed by atoms with Crippen molar-refractivity contribution in [2.45, 2.75) is 0 Å². The van der Waals surface area contributed by atoms with E-state index >= 15 is 0 Å². The lowest BCUT2D eigenvalue weighted by atomic mass is 9.81. The molecule has 0 aromatic heterocycles. The number of carbonyl (C=O) groups is 2. The van der Waals surface area contributed by atoms with Crippen LogP contribution in [0.5, 0.6) is 11.5 Å². The molecule has 1 aliphatic carbocycles. The molecule has 0 aliphatic heterocycles. The lowest BCUT2D eigenvalue weighted by molar-refractivity contribution is 0.0813. The molecule has 1 aliphatic rings. The highest BCUT2D eigenvalue weighted by molar-refractivity contribution is 6.54. The zero-order valence-electron chi connectivity index (χ0n) is 11.3. The Hall–Kier alpha value is -3.14. The van der Waals surface area contributed by atoms with Crippen molar-refractivity contribution in [1.29, 1.82) is 0 Å². The maximum atomic E-state index is 12.4. The second-order valence-corrected chi connectivity index (χ2v) is 5.20. The minimum Gasteiger partial charge on any atom is -0.507 e. The van der Waals surface area contributed by atoms with Crippen molar-refractivity contribution >= 4 is 22.3 Å². The van der Waals surface area contributed by atoms with Gasteiger partial charge in [-0.05, 0) is 5.56 Å². The Labute approximate surface area is 125 Å². The molecule has 22 heavy (non-hydrogen) atoms. The van der Waals surface area contributed by atoms with Crippen LogP contribution in [0.15, 0.2) is 48.5 Å². The largest absolute Gasteiger partial charge is 0.507 e. The maximum Gasteiger partial charge on any atom is 0.238 e. The Morgan fingerprint density at radius 3 is 1.73 bits per heavy atom. The van der Waals surface area contributed by atoms with Crippen molar-refractivity contribution in [3.8, 4) is 22.6 Å². The first-order chi connectivity index (χ1) is 10.6. The third-order valence-corrected chi connectivity index (χ3v) is 4.04. The molecule has 3 aromatic carbocycles. The maximum absolute atomic E-state index is 12.4. The Morgan fingerprint density at radius 1 is 0.591 bits per heavy atom. The minimum atomic E-state index is -0.799. The average Bonchev–Trinajstić information content (AvgIpc) is 2.56.